The number of ether oxygens (including phenoxy) is 1. The highest BCUT2D eigenvalue weighted by molar-refractivity contribution is 7.91. The number of fused-ring (bicyclic) bond motifs is 3. The number of piperidine rings is 2. The molecule has 1 aromatic rings. The molecule has 0 radical (unpaired) electrons. The van der Waals surface area contributed by atoms with Gasteiger partial charge in [-0.15, -0.1) is 11.3 Å². The average molecular weight is 358 g/mol. The molecule has 0 spiro atoms. The van der Waals surface area contributed by atoms with E-state index in [9.17, 15) is 13.2 Å². The summed E-state index contributed by atoms with van der Waals surface area (Å²) >= 11 is 1.23. The summed E-state index contributed by atoms with van der Waals surface area (Å²) in [7, 11) is -3.46. The van der Waals surface area contributed by atoms with Crippen molar-refractivity contribution in [3.8, 4) is 0 Å². The van der Waals surface area contributed by atoms with Gasteiger partial charge in [0, 0.05) is 25.2 Å². The van der Waals surface area contributed by atoms with Gasteiger partial charge in [-0.3, -0.25) is 0 Å². The van der Waals surface area contributed by atoms with Gasteiger partial charge in [0.1, 0.15) is 9.81 Å². The third-order valence-electron chi connectivity index (χ3n) is 4.17. The van der Waals surface area contributed by atoms with Crippen molar-refractivity contribution < 1.29 is 17.9 Å². The summed E-state index contributed by atoms with van der Waals surface area (Å²) in [4.78, 5) is 14.0. The van der Waals surface area contributed by atoms with Gasteiger partial charge in [0.15, 0.2) is 0 Å². The predicted octanol–water partition coefficient (Wildman–Crippen LogP) is 2.52. The van der Waals surface area contributed by atoms with Crippen LogP contribution in [0.15, 0.2) is 21.7 Å². The molecule has 23 heavy (non-hydrogen) atoms. The molecule has 3 fully saturated rings. The molecule has 0 aromatic carbocycles. The summed E-state index contributed by atoms with van der Waals surface area (Å²) in [6, 6.07) is 3.10. The molecule has 8 heteroatoms. The normalized spacial score (nSPS) is 25.6. The van der Waals surface area contributed by atoms with Gasteiger partial charge < -0.3 is 9.64 Å². The lowest BCUT2D eigenvalue weighted by atomic mass is 9.93. The molecular weight excluding hydrogens is 336 g/mol. The summed E-state index contributed by atoms with van der Waals surface area (Å²) < 4.78 is 32.9. The maximum absolute atomic E-state index is 12.7. The van der Waals surface area contributed by atoms with E-state index < -0.39 is 15.6 Å². The molecule has 128 valence electrons. The Kier molecular flexibility index (Phi) is 4.18. The number of hydrogen-bond donors (Lipinski definition) is 0. The summed E-state index contributed by atoms with van der Waals surface area (Å²) in [5, 5.41) is 1.77. The van der Waals surface area contributed by atoms with Gasteiger partial charge in [-0.1, -0.05) is 6.07 Å². The standard InChI is InChI=1S/C15H22N2O4S2/c1-15(2,3)21-14(18)16-9-12-7-6-11(16)10-17(12)23(19,20)13-5-4-8-22-13/h4-5,8,11-12H,6-7,9-10H2,1-3H3. The molecule has 1 amide bonds. The molecule has 0 N–H and O–H groups in total. The molecule has 6 nitrogen and oxygen atoms in total. The Hall–Kier alpha value is -1.12. The summed E-state index contributed by atoms with van der Waals surface area (Å²) in [6.45, 7) is 6.26. The topological polar surface area (TPSA) is 66.9 Å². The predicted molar refractivity (Wildman–Crippen MR) is 88.0 cm³/mol. The maximum Gasteiger partial charge on any atom is 0.410 e. The Labute approximate surface area is 141 Å². The lowest BCUT2D eigenvalue weighted by molar-refractivity contribution is -0.0203. The van der Waals surface area contributed by atoms with Crippen LogP contribution in [-0.2, 0) is 14.8 Å². The number of carbonyl (C=O) groups is 1. The van der Waals surface area contributed by atoms with Gasteiger partial charge in [0.05, 0.1) is 0 Å². The third-order valence-corrected chi connectivity index (χ3v) is 7.46. The first kappa shape index (κ1) is 16.7. The number of amides is 1. The molecule has 0 saturated carbocycles. The number of rotatable bonds is 2. The molecule has 0 aliphatic carbocycles. The fourth-order valence-electron chi connectivity index (χ4n) is 3.15. The number of carbonyl (C=O) groups excluding carboxylic acids is 1. The lowest BCUT2D eigenvalue weighted by Crippen LogP contribution is -2.65. The zero-order valence-corrected chi connectivity index (χ0v) is 15.2. The molecule has 2 bridgehead atoms. The van der Waals surface area contributed by atoms with E-state index >= 15 is 0 Å². The van der Waals surface area contributed by atoms with Gasteiger partial charge in [-0.05, 0) is 45.1 Å². The van der Waals surface area contributed by atoms with E-state index in [1.165, 1.54) is 11.3 Å². The van der Waals surface area contributed by atoms with Crippen LogP contribution in [0.5, 0.6) is 0 Å². The van der Waals surface area contributed by atoms with E-state index in [0.717, 1.165) is 12.8 Å². The van der Waals surface area contributed by atoms with Gasteiger partial charge in [-0.2, -0.15) is 4.31 Å². The van der Waals surface area contributed by atoms with Crippen LogP contribution in [0, 0.1) is 0 Å². The van der Waals surface area contributed by atoms with Crippen LogP contribution in [0.4, 0.5) is 4.79 Å². The summed E-state index contributed by atoms with van der Waals surface area (Å²) in [6.07, 6.45) is 1.26. The van der Waals surface area contributed by atoms with Gasteiger partial charge in [-0.25, -0.2) is 13.2 Å². The van der Waals surface area contributed by atoms with Crippen LogP contribution < -0.4 is 0 Å². The molecule has 3 aliphatic rings. The SMILES string of the molecule is CC(C)(C)OC(=O)N1CC2CCC1CN2S(=O)(=O)c1cccs1. The quantitative estimate of drug-likeness (QED) is 0.815. The van der Waals surface area contributed by atoms with E-state index in [0.29, 0.717) is 17.3 Å². The molecule has 4 heterocycles. The van der Waals surface area contributed by atoms with E-state index in [1.807, 2.05) is 20.8 Å². The van der Waals surface area contributed by atoms with Crippen LogP contribution in [0.25, 0.3) is 0 Å². The maximum atomic E-state index is 12.7. The van der Waals surface area contributed by atoms with Gasteiger partial charge in [0.2, 0.25) is 0 Å². The zero-order valence-electron chi connectivity index (χ0n) is 13.6. The Morgan fingerprint density at radius 3 is 2.48 bits per heavy atom. The Balaban J connectivity index is 1.76. The molecular formula is C15H22N2O4S2. The van der Waals surface area contributed by atoms with Crippen LogP contribution >= 0.6 is 11.3 Å². The van der Waals surface area contributed by atoms with Crippen molar-refractivity contribution in [3.05, 3.63) is 17.5 Å². The molecule has 1 aromatic heterocycles. The van der Waals surface area contributed by atoms with E-state index in [-0.39, 0.29) is 18.2 Å². The number of thiophene rings is 1. The second-order valence-corrected chi connectivity index (χ2v) is 10.1. The van der Waals surface area contributed by atoms with Crippen molar-refractivity contribution in [1.29, 1.82) is 0 Å². The number of sulfonamides is 1. The van der Waals surface area contributed by atoms with Crippen LogP contribution in [-0.4, -0.2) is 54.5 Å². The minimum atomic E-state index is -3.46. The van der Waals surface area contributed by atoms with Crippen LogP contribution in [0.3, 0.4) is 0 Å². The van der Waals surface area contributed by atoms with Crippen molar-refractivity contribution >= 4 is 27.5 Å². The fraction of sp³-hybridized carbons (Fsp3) is 0.667. The largest absolute Gasteiger partial charge is 0.444 e. The van der Waals surface area contributed by atoms with Crippen LogP contribution in [0.2, 0.25) is 0 Å². The zero-order chi connectivity index (χ0) is 16.8. The lowest BCUT2D eigenvalue weighted by Gasteiger charge is -2.50. The fourth-order valence-corrected chi connectivity index (χ4v) is 5.96. The van der Waals surface area contributed by atoms with E-state index in [2.05, 4.69) is 0 Å². The Morgan fingerprint density at radius 1 is 1.26 bits per heavy atom. The highest BCUT2D eigenvalue weighted by Gasteiger charge is 2.47. The Bertz CT molecular complexity index is 679. The van der Waals surface area contributed by atoms with Crippen molar-refractivity contribution in [2.75, 3.05) is 13.1 Å². The first-order valence-electron chi connectivity index (χ1n) is 7.73. The summed E-state index contributed by atoms with van der Waals surface area (Å²) in [5.74, 6) is 0. The van der Waals surface area contributed by atoms with Gasteiger partial charge >= 0.3 is 6.09 Å². The minimum absolute atomic E-state index is 0.107. The van der Waals surface area contributed by atoms with E-state index in [4.69, 9.17) is 4.74 Å². The van der Waals surface area contributed by atoms with Crippen molar-refractivity contribution in [1.82, 2.24) is 9.21 Å². The van der Waals surface area contributed by atoms with Crippen LogP contribution in [0.1, 0.15) is 33.6 Å². The number of hydrogen-bond acceptors (Lipinski definition) is 5. The van der Waals surface area contributed by atoms with Crippen molar-refractivity contribution in [2.24, 2.45) is 0 Å². The summed E-state index contributed by atoms with van der Waals surface area (Å²) in [5.41, 5.74) is -0.545. The second kappa shape index (κ2) is 5.75. The Morgan fingerprint density at radius 2 is 1.96 bits per heavy atom. The third kappa shape index (κ3) is 3.25. The monoisotopic (exact) mass is 358 g/mol. The molecule has 2 unspecified atom stereocenters. The molecule has 3 saturated heterocycles. The molecule has 2 atom stereocenters. The number of nitrogens with zero attached hydrogens (tertiary/aromatic N) is 2. The van der Waals surface area contributed by atoms with E-state index in [1.54, 1.807) is 26.7 Å². The highest BCUT2D eigenvalue weighted by atomic mass is 32.2. The van der Waals surface area contributed by atoms with Crippen molar-refractivity contribution in [3.63, 3.8) is 0 Å². The molecule has 4 rings (SSSR count). The smallest absolute Gasteiger partial charge is 0.410 e. The number of piperazine rings is 1. The van der Waals surface area contributed by atoms with Gasteiger partial charge in [0.25, 0.3) is 10.0 Å². The average Bonchev–Trinajstić information content (AvgIpc) is 3.00. The first-order chi connectivity index (χ1) is 10.7. The second-order valence-electron chi connectivity index (χ2n) is 7.02. The first-order valence-corrected chi connectivity index (χ1v) is 10.1. The van der Waals surface area contributed by atoms with Crippen molar-refractivity contribution in [2.45, 2.75) is 55.5 Å². The highest BCUT2D eigenvalue weighted by Crippen LogP contribution is 2.34. The molecule has 3 aliphatic heterocycles. The minimum Gasteiger partial charge on any atom is -0.444 e.